The Bertz CT molecular complexity index is 345. The summed E-state index contributed by atoms with van der Waals surface area (Å²) in [4.78, 5) is 6.75. The van der Waals surface area contributed by atoms with Crippen molar-refractivity contribution in [1.29, 1.82) is 0 Å². The first-order chi connectivity index (χ1) is 9.34. The second kappa shape index (κ2) is 7.98. The average Bonchev–Trinajstić information content (AvgIpc) is 2.37. The molecule has 1 aliphatic heterocycles. The van der Waals surface area contributed by atoms with Gasteiger partial charge in [0.2, 0.25) is 0 Å². The van der Waals surface area contributed by atoms with Crippen molar-refractivity contribution >= 4 is 16.8 Å². The van der Waals surface area contributed by atoms with Crippen LogP contribution in [-0.4, -0.2) is 63.0 Å². The zero-order chi connectivity index (χ0) is 15.2. The molecule has 0 saturated carbocycles. The van der Waals surface area contributed by atoms with Crippen LogP contribution in [0.15, 0.2) is 4.99 Å². The summed E-state index contributed by atoms with van der Waals surface area (Å²) in [5.74, 6) is 1.47. The van der Waals surface area contributed by atoms with Gasteiger partial charge in [-0.05, 0) is 40.5 Å². The van der Waals surface area contributed by atoms with Gasteiger partial charge in [-0.3, -0.25) is 9.20 Å². The van der Waals surface area contributed by atoms with Crippen molar-refractivity contribution in [2.24, 2.45) is 4.99 Å². The van der Waals surface area contributed by atoms with Crippen molar-refractivity contribution in [3.05, 3.63) is 0 Å². The van der Waals surface area contributed by atoms with Crippen LogP contribution in [0.2, 0.25) is 0 Å². The molecule has 0 aromatic rings. The Balaban J connectivity index is 2.53. The molecule has 0 radical (unpaired) electrons. The minimum Gasteiger partial charge on any atom is -0.393 e. The van der Waals surface area contributed by atoms with Gasteiger partial charge in [-0.25, -0.2) is 0 Å². The van der Waals surface area contributed by atoms with Crippen molar-refractivity contribution in [3.63, 3.8) is 0 Å². The van der Waals surface area contributed by atoms with Crippen LogP contribution >= 0.6 is 0 Å². The maximum Gasteiger partial charge on any atom is 0.193 e. The number of aliphatic imine (C=N–C) groups is 1. The fraction of sp³-hybridized carbons (Fsp3) is 0.929. The summed E-state index contributed by atoms with van der Waals surface area (Å²) < 4.78 is 11.8. The minimum atomic E-state index is -0.862. The van der Waals surface area contributed by atoms with Crippen LogP contribution in [0.5, 0.6) is 0 Å². The fourth-order valence-electron chi connectivity index (χ4n) is 2.04. The average molecular weight is 303 g/mol. The number of nitrogens with one attached hydrogen (secondary N) is 1. The first-order valence-corrected chi connectivity index (χ1v) is 8.76. The lowest BCUT2D eigenvalue weighted by atomic mass is 10.1. The van der Waals surface area contributed by atoms with Crippen molar-refractivity contribution in [1.82, 2.24) is 10.2 Å². The van der Waals surface area contributed by atoms with Crippen LogP contribution in [-0.2, 0) is 10.8 Å². The smallest absolute Gasteiger partial charge is 0.193 e. The van der Waals surface area contributed by atoms with E-state index in [4.69, 9.17) is 0 Å². The lowest BCUT2D eigenvalue weighted by Crippen LogP contribution is -2.46. The first kappa shape index (κ1) is 17.4. The van der Waals surface area contributed by atoms with Gasteiger partial charge in [0.1, 0.15) is 0 Å². The highest BCUT2D eigenvalue weighted by Crippen LogP contribution is 2.12. The van der Waals surface area contributed by atoms with Crippen LogP contribution in [0, 0.1) is 0 Å². The highest BCUT2D eigenvalue weighted by molar-refractivity contribution is 7.86. The van der Waals surface area contributed by atoms with Crippen molar-refractivity contribution in [3.8, 4) is 0 Å². The fourth-order valence-corrected chi connectivity index (χ4v) is 2.91. The summed E-state index contributed by atoms with van der Waals surface area (Å²) >= 11 is 0. The molecule has 118 valence electrons. The number of guanidine groups is 1. The Morgan fingerprint density at radius 3 is 2.50 bits per heavy atom. The maximum absolute atomic E-state index is 12.0. The number of aliphatic hydroxyl groups is 1. The molecule has 20 heavy (non-hydrogen) atoms. The van der Waals surface area contributed by atoms with E-state index in [1.54, 1.807) is 0 Å². The molecule has 0 aromatic heterocycles. The van der Waals surface area contributed by atoms with Gasteiger partial charge in [0, 0.05) is 40.9 Å². The minimum absolute atomic E-state index is 0.177. The van der Waals surface area contributed by atoms with Gasteiger partial charge in [0.15, 0.2) is 5.96 Å². The quantitative estimate of drug-likeness (QED) is 0.600. The lowest BCUT2D eigenvalue weighted by Gasteiger charge is -2.32. The van der Waals surface area contributed by atoms with Crippen LogP contribution < -0.4 is 5.32 Å². The zero-order valence-corrected chi connectivity index (χ0v) is 14.0. The summed E-state index contributed by atoms with van der Waals surface area (Å²) in [5, 5.41) is 12.8. The largest absolute Gasteiger partial charge is 0.393 e. The van der Waals surface area contributed by atoms with Crippen LogP contribution in [0.3, 0.4) is 0 Å². The van der Waals surface area contributed by atoms with Crippen LogP contribution in [0.1, 0.15) is 40.5 Å². The predicted octanol–water partition coefficient (Wildman–Crippen LogP) is 0.956. The normalized spacial score (nSPS) is 20.1. The summed E-state index contributed by atoms with van der Waals surface area (Å²) in [6, 6.07) is 0. The number of hydrogen-bond acceptors (Lipinski definition) is 3. The summed E-state index contributed by atoms with van der Waals surface area (Å²) in [6.07, 6.45) is 1.40. The van der Waals surface area contributed by atoms with Gasteiger partial charge >= 0.3 is 0 Å². The molecule has 1 aliphatic rings. The predicted molar refractivity (Wildman–Crippen MR) is 85.6 cm³/mol. The van der Waals surface area contributed by atoms with Crippen molar-refractivity contribution in [2.45, 2.75) is 51.4 Å². The molecule has 1 rings (SSSR count). The highest BCUT2D eigenvalue weighted by Gasteiger charge is 2.21. The monoisotopic (exact) mass is 303 g/mol. The number of aliphatic hydroxyl groups excluding tert-OH is 1. The van der Waals surface area contributed by atoms with Gasteiger partial charge in [0.25, 0.3) is 0 Å². The number of hydrogen-bond donors (Lipinski definition) is 2. The van der Waals surface area contributed by atoms with E-state index in [1.165, 1.54) is 0 Å². The van der Waals surface area contributed by atoms with E-state index in [1.807, 2.05) is 27.7 Å². The Morgan fingerprint density at radius 2 is 2.00 bits per heavy atom. The standard InChI is InChI=1S/C14H29N3O2S/c1-5-15-13(17-9-6-12(18)7-10-17)16-8-11-20(19)14(2,3)4/h12,18H,5-11H2,1-4H3,(H,15,16). The van der Waals surface area contributed by atoms with Crippen LogP contribution in [0.4, 0.5) is 0 Å². The molecule has 0 aliphatic carbocycles. The third-order valence-electron chi connectivity index (χ3n) is 3.32. The molecule has 5 nitrogen and oxygen atoms in total. The molecule has 1 heterocycles. The topological polar surface area (TPSA) is 64.9 Å². The van der Waals surface area contributed by atoms with Gasteiger partial charge in [-0.2, -0.15) is 0 Å². The highest BCUT2D eigenvalue weighted by atomic mass is 32.2. The molecule has 0 amide bonds. The number of nitrogens with zero attached hydrogens (tertiary/aromatic N) is 2. The van der Waals surface area contributed by atoms with Crippen molar-refractivity contribution in [2.75, 3.05) is 31.9 Å². The molecule has 1 fully saturated rings. The van der Waals surface area contributed by atoms with E-state index in [0.29, 0.717) is 12.3 Å². The first-order valence-electron chi connectivity index (χ1n) is 7.44. The zero-order valence-electron chi connectivity index (χ0n) is 13.2. The van der Waals surface area contributed by atoms with Gasteiger partial charge in [-0.1, -0.05) is 0 Å². The van der Waals surface area contributed by atoms with Gasteiger partial charge in [0.05, 0.1) is 12.6 Å². The third-order valence-corrected chi connectivity index (χ3v) is 5.24. The Hall–Kier alpha value is -0.620. The number of piperidine rings is 1. The Labute approximate surface area is 125 Å². The van der Waals surface area contributed by atoms with Crippen molar-refractivity contribution < 1.29 is 9.32 Å². The van der Waals surface area contributed by atoms with E-state index in [9.17, 15) is 9.32 Å². The molecule has 1 atom stereocenters. The molecule has 0 aromatic carbocycles. The molecule has 1 unspecified atom stereocenters. The van der Waals surface area contributed by atoms with E-state index in [2.05, 4.69) is 15.2 Å². The number of likely N-dealkylation sites (tertiary alicyclic amines) is 1. The van der Waals surface area contributed by atoms with Gasteiger partial charge < -0.3 is 15.3 Å². The Morgan fingerprint density at radius 1 is 1.40 bits per heavy atom. The van der Waals surface area contributed by atoms with E-state index < -0.39 is 10.8 Å². The van der Waals surface area contributed by atoms with E-state index in [0.717, 1.165) is 38.4 Å². The van der Waals surface area contributed by atoms with E-state index >= 15 is 0 Å². The number of rotatable bonds is 4. The molecular formula is C14H29N3O2S. The second-order valence-electron chi connectivity index (χ2n) is 6.12. The second-order valence-corrected chi connectivity index (χ2v) is 8.44. The van der Waals surface area contributed by atoms with E-state index in [-0.39, 0.29) is 10.9 Å². The van der Waals surface area contributed by atoms with Gasteiger partial charge in [-0.15, -0.1) is 0 Å². The molecule has 0 bridgehead atoms. The summed E-state index contributed by atoms with van der Waals surface area (Å²) in [6.45, 7) is 11.1. The maximum atomic E-state index is 12.0. The Kier molecular flexibility index (Phi) is 6.95. The molecule has 6 heteroatoms. The SMILES string of the molecule is CCNC(=NCCS(=O)C(C)(C)C)N1CCC(O)CC1. The molecule has 2 N–H and O–H groups in total. The molecule has 0 spiro atoms. The van der Waals surface area contributed by atoms with Crippen LogP contribution in [0.25, 0.3) is 0 Å². The lowest BCUT2D eigenvalue weighted by molar-refractivity contribution is 0.108. The third kappa shape index (κ3) is 5.79. The molecule has 1 saturated heterocycles. The summed E-state index contributed by atoms with van der Waals surface area (Å²) in [7, 11) is -0.862. The summed E-state index contributed by atoms with van der Waals surface area (Å²) in [5.41, 5.74) is 0. The molecular weight excluding hydrogens is 274 g/mol.